The number of thiophene rings is 1. The maximum absolute atomic E-state index is 5.75. The van der Waals surface area contributed by atoms with Crippen LogP contribution in [0.2, 0.25) is 0 Å². The summed E-state index contributed by atoms with van der Waals surface area (Å²) in [6.07, 6.45) is 3.63. The quantitative estimate of drug-likeness (QED) is 0.850. The van der Waals surface area contributed by atoms with Gasteiger partial charge in [-0.05, 0) is 50.2 Å². The molecule has 15 heavy (non-hydrogen) atoms. The summed E-state index contributed by atoms with van der Waals surface area (Å²) in [6, 6.07) is 2.54. The SMILES string of the molecule is CNC(c1sccc1C)C1(OC)CCC1. The fourth-order valence-corrected chi connectivity index (χ4v) is 3.59. The van der Waals surface area contributed by atoms with Gasteiger partial charge in [-0.25, -0.2) is 0 Å². The van der Waals surface area contributed by atoms with Crippen LogP contribution in [0.3, 0.4) is 0 Å². The monoisotopic (exact) mass is 225 g/mol. The Bertz CT molecular complexity index is 325. The van der Waals surface area contributed by atoms with Crippen molar-refractivity contribution in [3.63, 3.8) is 0 Å². The summed E-state index contributed by atoms with van der Waals surface area (Å²) in [7, 11) is 3.87. The van der Waals surface area contributed by atoms with E-state index in [4.69, 9.17) is 4.74 Å². The molecule has 0 amide bonds. The number of rotatable bonds is 4. The lowest BCUT2D eigenvalue weighted by molar-refractivity contribution is -0.0976. The van der Waals surface area contributed by atoms with E-state index in [1.54, 1.807) is 0 Å². The molecule has 1 atom stereocenters. The molecule has 0 aliphatic heterocycles. The average Bonchev–Trinajstić information content (AvgIpc) is 2.58. The zero-order chi connectivity index (χ0) is 10.9. The molecule has 1 saturated carbocycles. The van der Waals surface area contributed by atoms with E-state index >= 15 is 0 Å². The molecule has 2 rings (SSSR count). The van der Waals surface area contributed by atoms with Gasteiger partial charge < -0.3 is 10.1 Å². The number of likely N-dealkylation sites (N-methyl/N-ethyl adjacent to an activating group) is 1. The van der Waals surface area contributed by atoms with Gasteiger partial charge in [0.1, 0.15) is 0 Å². The predicted molar refractivity (Wildman–Crippen MR) is 64.4 cm³/mol. The third-order valence-corrected chi connectivity index (χ3v) is 4.67. The van der Waals surface area contributed by atoms with Crippen LogP contribution in [0, 0.1) is 6.92 Å². The second-order valence-electron chi connectivity index (χ2n) is 4.31. The number of hydrogen-bond donors (Lipinski definition) is 1. The molecule has 1 unspecified atom stereocenters. The largest absolute Gasteiger partial charge is 0.376 e. The zero-order valence-corrected chi connectivity index (χ0v) is 10.5. The van der Waals surface area contributed by atoms with Gasteiger partial charge in [-0.2, -0.15) is 0 Å². The van der Waals surface area contributed by atoms with Gasteiger partial charge in [-0.15, -0.1) is 11.3 Å². The van der Waals surface area contributed by atoms with E-state index in [9.17, 15) is 0 Å². The molecule has 3 heteroatoms. The Labute approximate surface area is 95.6 Å². The highest BCUT2D eigenvalue weighted by molar-refractivity contribution is 7.10. The number of methoxy groups -OCH3 is 1. The molecule has 1 aromatic heterocycles. The molecule has 0 saturated heterocycles. The lowest BCUT2D eigenvalue weighted by atomic mass is 9.73. The molecule has 2 nitrogen and oxygen atoms in total. The summed E-state index contributed by atoms with van der Waals surface area (Å²) in [5, 5.41) is 5.59. The minimum atomic E-state index is 0.0460. The normalized spacial score (nSPS) is 21.0. The van der Waals surface area contributed by atoms with Crippen LogP contribution in [0.5, 0.6) is 0 Å². The van der Waals surface area contributed by atoms with Gasteiger partial charge in [-0.3, -0.25) is 0 Å². The average molecular weight is 225 g/mol. The standard InChI is InChI=1S/C12H19NOS/c1-9-5-8-15-10(9)11(13-2)12(14-3)6-4-7-12/h5,8,11,13H,4,6-7H2,1-3H3. The fraction of sp³-hybridized carbons (Fsp3) is 0.667. The van der Waals surface area contributed by atoms with Crippen LogP contribution < -0.4 is 5.32 Å². The molecule has 1 N–H and O–H groups in total. The highest BCUT2D eigenvalue weighted by atomic mass is 32.1. The number of aryl methyl sites for hydroxylation is 1. The molecule has 0 radical (unpaired) electrons. The van der Waals surface area contributed by atoms with E-state index in [0.29, 0.717) is 6.04 Å². The van der Waals surface area contributed by atoms with E-state index in [1.807, 2.05) is 25.5 Å². The second kappa shape index (κ2) is 4.24. The Morgan fingerprint density at radius 1 is 1.53 bits per heavy atom. The summed E-state index contributed by atoms with van der Waals surface area (Å²) in [5.74, 6) is 0. The van der Waals surface area contributed by atoms with Gasteiger partial charge in [0.2, 0.25) is 0 Å². The Balaban J connectivity index is 2.27. The van der Waals surface area contributed by atoms with Crippen molar-refractivity contribution in [2.45, 2.75) is 37.8 Å². The number of ether oxygens (including phenoxy) is 1. The minimum absolute atomic E-state index is 0.0460. The topological polar surface area (TPSA) is 21.3 Å². The predicted octanol–water partition coefficient (Wildman–Crippen LogP) is 2.89. The first-order chi connectivity index (χ1) is 7.23. The van der Waals surface area contributed by atoms with Crippen molar-refractivity contribution in [1.29, 1.82) is 0 Å². The van der Waals surface area contributed by atoms with E-state index in [1.165, 1.54) is 29.7 Å². The Morgan fingerprint density at radius 2 is 2.27 bits per heavy atom. The highest BCUT2D eigenvalue weighted by Crippen LogP contribution is 2.46. The van der Waals surface area contributed by atoms with Gasteiger partial charge in [0.25, 0.3) is 0 Å². The van der Waals surface area contributed by atoms with E-state index in [-0.39, 0.29) is 5.60 Å². The van der Waals surface area contributed by atoms with E-state index in [2.05, 4.69) is 23.7 Å². The van der Waals surface area contributed by atoms with Crippen molar-refractivity contribution in [2.75, 3.05) is 14.2 Å². The fourth-order valence-electron chi connectivity index (χ4n) is 2.45. The maximum atomic E-state index is 5.75. The first-order valence-corrected chi connectivity index (χ1v) is 6.38. The van der Waals surface area contributed by atoms with Crippen molar-refractivity contribution in [3.05, 3.63) is 21.9 Å². The Hall–Kier alpha value is -0.380. The minimum Gasteiger partial charge on any atom is -0.376 e. The molecule has 1 aromatic rings. The summed E-state index contributed by atoms with van der Waals surface area (Å²) < 4.78 is 5.75. The van der Waals surface area contributed by atoms with E-state index in [0.717, 1.165) is 0 Å². The first-order valence-electron chi connectivity index (χ1n) is 5.50. The lowest BCUT2D eigenvalue weighted by Gasteiger charge is -2.46. The van der Waals surface area contributed by atoms with Gasteiger partial charge in [-0.1, -0.05) is 0 Å². The molecule has 0 bridgehead atoms. The van der Waals surface area contributed by atoms with E-state index < -0.39 is 0 Å². The van der Waals surface area contributed by atoms with Crippen LogP contribution >= 0.6 is 11.3 Å². The highest BCUT2D eigenvalue weighted by Gasteiger charge is 2.45. The Kier molecular flexibility index (Phi) is 3.14. The second-order valence-corrected chi connectivity index (χ2v) is 5.26. The summed E-state index contributed by atoms with van der Waals surface area (Å²) >= 11 is 1.83. The lowest BCUT2D eigenvalue weighted by Crippen LogP contribution is -2.49. The van der Waals surface area contributed by atoms with Crippen LogP contribution in [0.1, 0.15) is 35.7 Å². The first kappa shape index (κ1) is 11.1. The van der Waals surface area contributed by atoms with Crippen molar-refractivity contribution in [2.24, 2.45) is 0 Å². The van der Waals surface area contributed by atoms with Gasteiger partial charge in [0.05, 0.1) is 11.6 Å². The Morgan fingerprint density at radius 3 is 2.60 bits per heavy atom. The van der Waals surface area contributed by atoms with Gasteiger partial charge in [0.15, 0.2) is 0 Å². The van der Waals surface area contributed by atoms with Crippen molar-refractivity contribution >= 4 is 11.3 Å². The molecule has 0 aromatic carbocycles. The smallest absolute Gasteiger partial charge is 0.0880 e. The summed E-state index contributed by atoms with van der Waals surface area (Å²) in [6.45, 7) is 2.18. The van der Waals surface area contributed by atoms with Crippen molar-refractivity contribution in [1.82, 2.24) is 5.32 Å². The molecule has 84 valence electrons. The molecule has 1 aliphatic carbocycles. The van der Waals surface area contributed by atoms with Crippen LogP contribution in [-0.2, 0) is 4.74 Å². The van der Waals surface area contributed by atoms with Crippen molar-refractivity contribution < 1.29 is 4.74 Å². The summed E-state index contributed by atoms with van der Waals surface area (Å²) in [4.78, 5) is 1.43. The zero-order valence-electron chi connectivity index (χ0n) is 9.67. The third kappa shape index (κ3) is 1.73. The number of hydrogen-bond acceptors (Lipinski definition) is 3. The van der Waals surface area contributed by atoms with Gasteiger partial charge >= 0.3 is 0 Å². The molecule has 1 fully saturated rings. The molecular formula is C12H19NOS. The molecule has 1 aliphatic rings. The summed E-state index contributed by atoms with van der Waals surface area (Å²) in [5.41, 5.74) is 1.42. The molecule has 1 heterocycles. The molecular weight excluding hydrogens is 206 g/mol. The van der Waals surface area contributed by atoms with Crippen molar-refractivity contribution in [3.8, 4) is 0 Å². The van der Waals surface area contributed by atoms with Crippen LogP contribution in [-0.4, -0.2) is 19.8 Å². The van der Waals surface area contributed by atoms with Crippen LogP contribution in [0.25, 0.3) is 0 Å². The maximum Gasteiger partial charge on any atom is 0.0880 e. The van der Waals surface area contributed by atoms with Crippen LogP contribution in [0.15, 0.2) is 11.4 Å². The molecule has 0 spiro atoms. The number of nitrogens with one attached hydrogen (secondary N) is 1. The van der Waals surface area contributed by atoms with Gasteiger partial charge in [0, 0.05) is 12.0 Å². The third-order valence-electron chi connectivity index (χ3n) is 3.59. The van der Waals surface area contributed by atoms with Crippen LogP contribution in [0.4, 0.5) is 0 Å².